The monoisotopic (exact) mass is 306 g/mol. The van der Waals surface area contributed by atoms with Crippen LogP contribution >= 0.6 is 0 Å². The SMILES string of the molecule is Cc1cccc(CO[C@@H]2CCC[C@H](OCC=O)C2)c1C(=O)O. The molecule has 0 amide bonds. The third-order valence-electron chi connectivity index (χ3n) is 4.03. The second-order valence-corrected chi connectivity index (χ2v) is 5.64. The molecule has 0 bridgehead atoms. The maximum Gasteiger partial charge on any atom is 0.336 e. The summed E-state index contributed by atoms with van der Waals surface area (Å²) in [7, 11) is 0. The molecule has 0 spiro atoms. The zero-order valence-electron chi connectivity index (χ0n) is 12.8. The fourth-order valence-electron chi connectivity index (χ4n) is 2.94. The van der Waals surface area contributed by atoms with Crippen LogP contribution in [0.3, 0.4) is 0 Å². The maximum atomic E-state index is 11.4. The Kier molecular flexibility index (Phi) is 6.10. The summed E-state index contributed by atoms with van der Waals surface area (Å²) in [6.07, 6.45) is 4.49. The summed E-state index contributed by atoms with van der Waals surface area (Å²) in [5.41, 5.74) is 1.76. The average Bonchev–Trinajstić information content (AvgIpc) is 2.51. The van der Waals surface area contributed by atoms with E-state index in [1.165, 1.54) is 0 Å². The predicted molar refractivity (Wildman–Crippen MR) is 81.0 cm³/mol. The Balaban J connectivity index is 1.94. The molecule has 1 aromatic carbocycles. The zero-order valence-corrected chi connectivity index (χ0v) is 12.8. The van der Waals surface area contributed by atoms with Gasteiger partial charge in [0.1, 0.15) is 12.9 Å². The lowest BCUT2D eigenvalue weighted by atomic mass is 9.94. The van der Waals surface area contributed by atoms with E-state index in [1.807, 2.05) is 6.07 Å². The molecule has 0 radical (unpaired) electrons. The lowest BCUT2D eigenvalue weighted by molar-refractivity contribution is -0.116. The number of aromatic carboxylic acids is 1. The standard InChI is InChI=1S/C17H22O5/c1-12-4-2-5-13(16(12)17(19)20)11-22-15-7-3-6-14(10-15)21-9-8-18/h2,4-5,8,14-15H,3,6-7,9-11H2,1H3,(H,19,20)/t14-,15+/m0/s1. The minimum atomic E-state index is -0.924. The van der Waals surface area contributed by atoms with Crippen LogP contribution in [0, 0.1) is 6.92 Å². The quantitative estimate of drug-likeness (QED) is 0.784. The topological polar surface area (TPSA) is 72.8 Å². The molecule has 1 aliphatic carbocycles. The van der Waals surface area contributed by atoms with Crippen LogP contribution in [0.1, 0.15) is 47.2 Å². The minimum Gasteiger partial charge on any atom is -0.478 e. The van der Waals surface area contributed by atoms with Gasteiger partial charge in [0.25, 0.3) is 0 Å². The van der Waals surface area contributed by atoms with Gasteiger partial charge in [0.15, 0.2) is 0 Å². The molecule has 5 heteroatoms. The number of aldehydes is 1. The van der Waals surface area contributed by atoms with E-state index in [4.69, 9.17) is 9.47 Å². The van der Waals surface area contributed by atoms with Crippen molar-refractivity contribution < 1.29 is 24.2 Å². The molecule has 1 N–H and O–H groups in total. The van der Waals surface area contributed by atoms with Crippen LogP contribution < -0.4 is 0 Å². The Morgan fingerprint density at radius 3 is 2.73 bits per heavy atom. The molecule has 22 heavy (non-hydrogen) atoms. The van der Waals surface area contributed by atoms with Gasteiger partial charge in [0, 0.05) is 0 Å². The van der Waals surface area contributed by atoms with Gasteiger partial charge < -0.3 is 19.4 Å². The van der Waals surface area contributed by atoms with Crippen LogP contribution in [0.25, 0.3) is 0 Å². The van der Waals surface area contributed by atoms with Gasteiger partial charge in [-0.05, 0) is 43.7 Å². The van der Waals surface area contributed by atoms with Crippen molar-refractivity contribution in [2.24, 2.45) is 0 Å². The van der Waals surface area contributed by atoms with E-state index in [0.29, 0.717) is 11.1 Å². The number of carbonyl (C=O) groups excluding carboxylic acids is 1. The summed E-state index contributed by atoms with van der Waals surface area (Å²) in [4.78, 5) is 21.7. The highest BCUT2D eigenvalue weighted by atomic mass is 16.5. The number of benzene rings is 1. The number of ether oxygens (including phenoxy) is 2. The first-order valence-corrected chi connectivity index (χ1v) is 7.60. The van der Waals surface area contributed by atoms with Crippen LogP contribution in [0.5, 0.6) is 0 Å². The van der Waals surface area contributed by atoms with Crippen LogP contribution in [0.15, 0.2) is 18.2 Å². The molecule has 0 aromatic heterocycles. The smallest absolute Gasteiger partial charge is 0.336 e. The van der Waals surface area contributed by atoms with Crippen molar-refractivity contribution in [3.63, 3.8) is 0 Å². The van der Waals surface area contributed by atoms with Crippen molar-refractivity contribution >= 4 is 12.3 Å². The van der Waals surface area contributed by atoms with E-state index >= 15 is 0 Å². The van der Waals surface area contributed by atoms with Crippen LogP contribution in [0.4, 0.5) is 0 Å². The van der Waals surface area contributed by atoms with E-state index in [9.17, 15) is 14.7 Å². The Morgan fingerprint density at radius 1 is 1.32 bits per heavy atom. The molecule has 0 saturated heterocycles. The van der Waals surface area contributed by atoms with E-state index < -0.39 is 5.97 Å². The second kappa shape index (κ2) is 8.06. The Morgan fingerprint density at radius 2 is 2.05 bits per heavy atom. The van der Waals surface area contributed by atoms with Gasteiger partial charge >= 0.3 is 5.97 Å². The summed E-state index contributed by atoms with van der Waals surface area (Å²) in [6.45, 7) is 2.20. The molecule has 2 atom stereocenters. The molecular formula is C17H22O5. The van der Waals surface area contributed by atoms with Gasteiger partial charge in [-0.2, -0.15) is 0 Å². The summed E-state index contributed by atoms with van der Waals surface area (Å²) in [6, 6.07) is 5.42. The molecular weight excluding hydrogens is 284 g/mol. The van der Waals surface area contributed by atoms with E-state index in [-0.39, 0.29) is 25.4 Å². The molecule has 0 heterocycles. The fraction of sp³-hybridized carbons (Fsp3) is 0.529. The molecule has 1 aromatic rings. The van der Waals surface area contributed by atoms with Gasteiger partial charge in [-0.3, -0.25) is 0 Å². The number of carbonyl (C=O) groups is 2. The van der Waals surface area contributed by atoms with Gasteiger partial charge in [-0.15, -0.1) is 0 Å². The Hall–Kier alpha value is -1.72. The van der Waals surface area contributed by atoms with Crippen molar-refractivity contribution in [3.05, 3.63) is 34.9 Å². The molecule has 0 unspecified atom stereocenters. The number of carboxylic acids is 1. The van der Waals surface area contributed by atoms with Crippen LogP contribution in [-0.2, 0) is 20.9 Å². The van der Waals surface area contributed by atoms with E-state index in [1.54, 1.807) is 19.1 Å². The molecule has 0 aliphatic heterocycles. The molecule has 1 aliphatic rings. The summed E-state index contributed by atoms with van der Waals surface area (Å²) >= 11 is 0. The lowest BCUT2D eigenvalue weighted by Gasteiger charge is -2.29. The van der Waals surface area contributed by atoms with Crippen molar-refractivity contribution in [2.75, 3.05) is 6.61 Å². The molecule has 1 fully saturated rings. The molecule has 2 rings (SSSR count). The first-order valence-electron chi connectivity index (χ1n) is 7.60. The number of rotatable bonds is 7. The van der Waals surface area contributed by atoms with Gasteiger partial charge in [-0.1, -0.05) is 18.2 Å². The van der Waals surface area contributed by atoms with Crippen LogP contribution in [0.2, 0.25) is 0 Å². The van der Waals surface area contributed by atoms with Crippen molar-refractivity contribution in [3.8, 4) is 0 Å². The average molecular weight is 306 g/mol. The molecule has 1 saturated carbocycles. The summed E-state index contributed by atoms with van der Waals surface area (Å²) in [5, 5.41) is 9.31. The summed E-state index contributed by atoms with van der Waals surface area (Å²) in [5.74, 6) is -0.924. The van der Waals surface area contributed by atoms with Gasteiger partial charge in [-0.25, -0.2) is 4.79 Å². The normalized spacial score (nSPS) is 21.5. The summed E-state index contributed by atoms with van der Waals surface area (Å²) < 4.78 is 11.3. The first-order chi connectivity index (χ1) is 10.6. The third kappa shape index (κ3) is 4.39. The van der Waals surface area contributed by atoms with E-state index in [2.05, 4.69) is 0 Å². The highest BCUT2D eigenvalue weighted by Crippen LogP contribution is 2.25. The Labute approximate surface area is 130 Å². The Bertz CT molecular complexity index is 526. The van der Waals surface area contributed by atoms with Crippen molar-refractivity contribution in [1.29, 1.82) is 0 Å². The predicted octanol–water partition coefficient (Wildman–Crippen LogP) is 2.74. The maximum absolute atomic E-state index is 11.4. The van der Waals surface area contributed by atoms with Gasteiger partial charge in [0.2, 0.25) is 0 Å². The molecule has 120 valence electrons. The number of hydrogen-bond donors (Lipinski definition) is 1. The number of carboxylic acid groups (broad SMARTS) is 1. The largest absolute Gasteiger partial charge is 0.478 e. The highest BCUT2D eigenvalue weighted by molar-refractivity contribution is 5.91. The highest BCUT2D eigenvalue weighted by Gasteiger charge is 2.23. The van der Waals surface area contributed by atoms with Crippen LogP contribution in [-0.4, -0.2) is 36.2 Å². The zero-order chi connectivity index (χ0) is 15.9. The van der Waals surface area contributed by atoms with Gasteiger partial charge in [0.05, 0.1) is 24.4 Å². The minimum absolute atomic E-state index is 0.0487. The lowest BCUT2D eigenvalue weighted by Crippen LogP contribution is -2.28. The second-order valence-electron chi connectivity index (χ2n) is 5.64. The third-order valence-corrected chi connectivity index (χ3v) is 4.03. The number of hydrogen-bond acceptors (Lipinski definition) is 4. The number of aryl methyl sites for hydroxylation is 1. The fourth-order valence-corrected chi connectivity index (χ4v) is 2.94. The molecule has 5 nitrogen and oxygen atoms in total. The first kappa shape index (κ1) is 16.6. The van der Waals surface area contributed by atoms with Crippen molar-refractivity contribution in [1.82, 2.24) is 0 Å². The van der Waals surface area contributed by atoms with Crippen molar-refractivity contribution in [2.45, 2.75) is 51.4 Å². The van der Waals surface area contributed by atoms with E-state index in [0.717, 1.165) is 37.5 Å².